The van der Waals surface area contributed by atoms with Crippen LogP contribution in [0.15, 0.2) is 36.7 Å². The Bertz CT molecular complexity index is 734. The van der Waals surface area contributed by atoms with Crippen LogP contribution in [0.4, 0.5) is 4.39 Å². The van der Waals surface area contributed by atoms with Gasteiger partial charge in [-0.3, -0.25) is 0 Å². The Balaban J connectivity index is 1.75. The molecule has 0 spiro atoms. The van der Waals surface area contributed by atoms with Gasteiger partial charge < -0.3 is 10.3 Å². The summed E-state index contributed by atoms with van der Waals surface area (Å²) in [6.45, 7) is 4.79. The molecule has 0 aliphatic rings. The molecular weight excluding hydrogens is 299 g/mol. The van der Waals surface area contributed by atoms with Gasteiger partial charge in [-0.15, -0.1) is 11.3 Å². The maximum Gasteiger partial charge on any atom is 0.123 e. The van der Waals surface area contributed by atoms with Crippen LogP contribution in [-0.2, 0) is 6.54 Å². The first kappa shape index (κ1) is 14.9. The average Bonchev–Trinajstić information content (AvgIpc) is 3.15. The Morgan fingerprint density at radius 3 is 2.77 bits per heavy atom. The van der Waals surface area contributed by atoms with E-state index in [-0.39, 0.29) is 11.9 Å². The van der Waals surface area contributed by atoms with Crippen molar-refractivity contribution in [3.8, 4) is 10.6 Å². The van der Waals surface area contributed by atoms with Crippen molar-refractivity contribution in [1.29, 1.82) is 0 Å². The maximum absolute atomic E-state index is 13.0. The summed E-state index contributed by atoms with van der Waals surface area (Å²) < 4.78 is 13.0. The second-order valence-corrected chi connectivity index (χ2v) is 6.14. The fraction of sp³-hybridized carbons (Fsp3) is 0.250. The van der Waals surface area contributed by atoms with Crippen LogP contribution in [0.5, 0.6) is 0 Å². The second-order valence-electron chi connectivity index (χ2n) is 5.11. The number of H-pyrrole nitrogens is 1. The van der Waals surface area contributed by atoms with Crippen LogP contribution in [-0.4, -0.2) is 15.0 Å². The van der Waals surface area contributed by atoms with Gasteiger partial charge in [0.1, 0.15) is 16.6 Å². The summed E-state index contributed by atoms with van der Waals surface area (Å²) in [5, 5.41) is 4.35. The molecule has 6 heteroatoms. The predicted molar refractivity (Wildman–Crippen MR) is 86.1 cm³/mol. The van der Waals surface area contributed by atoms with Gasteiger partial charge in [0.2, 0.25) is 0 Å². The van der Waals surface area contributed by atoms with Crippen molar-refractivity contribution in [2.75, 3.05) is 0 Å². The summed E-state index contributed by atoms with van der Waals surface area (Å²) in [6.07, 6.45) is 3.55. The number of hydrogen-bond acceptors (Lipinski definition) is 4. The molecule has 0 aliphatic carbocycles. The predicted octanol–water partition coefficient (Wildman–Crippen LogP) is 3.83. The lowest BCUT2D eigenvalue weighted by molar-refractivity contribution is 0.566. The first-order chi connectivity index (χ1) is 10.6. The molecule has 0 bridgehead atoms. The third kappa shape index (κ3) is 3.23. The van der Waals surface area contributed by atoms with Gasteiger partial charge in [-0.1, -0.05) is 0 Å². The van der Waals surface area contributed by atoms with Crippen LogP contribution in [0.2, 0.25) is 0 Å². The second kappa shape index (κ2) is 6.37. The highest BCUT2D eigenvalue weighted by Crippen LogP contribution is 2.31. The molecule has 3 rings (SSSR count). The van der Waals surface area contributed by atoms with Gasteiger partial charge in [0.05, 0.1) is 12.2 Å². The monoisotopic (exact) mass is 316 g/mol. The normalized spacial score (nSPS) is 12.5. The van der Waals surface area contributed by atoms with E-state index >= 15 is 0 Å². The molecule has 0 amide bonds. The summed E-state index contributed by atoms with van der Waals surface area (Å²) in [5.41, 5.74) is 1.95. The van der Waals surface area contributed by atoms with E-state index in [2.05, 4.69) is 27.2 Å². The molecule has 1 atom stereocenters. The van der Waals surface area contributed by atoms with Crippen molar-refractivity contribution in [1.82, 2.24) is 20.3 Å². The Morgan fingerprint density at radius 1 is 1.32 bits per heavy atom. The van der Waals surface area contributed by atoms with Crippen LogP contribution in [0.1, 0.15) is 29.4 Å². The number of aryl methyl sites for hydroxylation is 1. The quantitative estimate of drug-likeness (QED) is 0.752. The topological polar surface area (TPSA) is 53.6 Å². The molecule has 0 saturated heterocycles. The zero-order valence-corrected chi connectivity index (χ0v) is 13.2. The molecule has 114 valence electrons. The Kier molecular flexibility index (Phi) is 4.31. The Morgan fingerprint density at radius 2 is 2.09 bits per heavy atom. The van der Waals surface area contributed by atoms with Crippen LogP contribution in [0.25, 0.3) is 10.6 Å². The van der Waals surface area contributed by atoms with E-state index in [1.165, 1.54) is 17.0 Å². The van der Waals surface area contributed by atoms with Gasteiger partial charge in [-0.25, -0.2) is 14.4 Å². The van der Waals surface area contributed by atoms with Crippen LogP contribution >= 0.6 is 11.3 Å². The van der Waals surface area contributed by atoms with E-state index < -0.39 is 0 Å². The highest BCUT2D eigenvalue weighted by Gasteiger charge is 2.15. The zero-order chi connectivity index (χ0) is 15.5. The largest absolute Gasteiger partial charge is 0.348 e. The molecule has 2 aromatic heterocycles. The minimum Gasteiger partial charge on any atom is -0.348 e. The average molecular weight is 316 g/mol. The molecule has 1 aromatic carbocycles. The summed E-state index contributed by atoms with van der Waals surface area (Å²) in [5.74, 6) is 0.679. The van der Waals surface area contributed by atoms with E-state index in [1.54, 1.807) is 29.7 Å². The van der Waals surface area contributed by atoms with Crippen molar-refractivity contribution >= 4 is 11.3 Å². The number of rotatable bonds is 5. The van der Waals surface area contributed by atoms with Crippen molar-refractivity contribution in [3.05, 3.63) is 58.9 Å². The molecule has 0 fully saturated rings. The van der Waals surface area contributed by atoms with Gasteiger partial charge in [-0.2, -0.15) is 0 Å². The summed E-state index contributed by atoms with van der Waals surface area (Å²) in [7, 11) is 0. The fourth-order valence-corrected chi connectivity index (χ4v) is 3.36. The first-order valence-corrected chi connectivity index (χ1v) is 7.90. The lowest BCUT2D eigenvalue weighted by atomic mass is 10.2. The first-order valence-electron chi connectivity index (χ1n) is 7.08. The van der Waals surface area contributed by atoms with Gasteiger partial charge in [0.25, 0.3) is 0 Å². The molecule has 4 nitrogen and oxygen atoms in total. The summed E-state index contributed by atoms with van der Waals surface area (Å²) in [6, 6.07) is 6.63. The number of halogens is 1. The lowest BCUT2D eigenvalue weighted by Crippen LogP contribution is -2.18. The van der Waals surface area contributed by atoms with Crippen LogP contribution < -0.4 is 5.32 Å². The number of nitrogens with zero attached hydrogens (tertiary/aromatic N) is 2. The number of nitrogens with one attached hydrogen (secondary N) is 2. The van der Waals surface area contributed by atoms with Crippen molar-refractivity contribution < 1.29 is 4.39 Å². The minimum absolute atomic E-state index is 0.178. The number of hydrogen-bond donors (Lipinski definition) is 2. The molecule has 2 heterocycles. The number of imidazole rings is 1. The number of aromatic nitrogens is 3. The van der Waals surface area contributed by atoms with E-state index in [4.69, 9.17) is 0 Å². The molecule has 0 aliphatic heterocycles. The highest BCUT2D eigenvalue weighted by atomic mass is 32.1. The molecule has 1 unspecified atom stereocenters. The lowest BCUT2D eigenvalue weighted by Gasteiger charge is -2.11. The van der Waals surface area contributed by atoms with Gasteiger partial charge in [0.15, 0.2) is 0 Å². The van der Waals surface area contributed by atoms with Crippen molar-refractivity contribution in [2.45, 2.75) is 26.4 Å². The molecule has 0 saturated carbocycles. The number of thiazole rings is 1. The smallest absolute Gasteiger partial charge is 0.123 e. The summed E-state index contributed by atoms with van der Waals surface area (Å²) >= 11 is 1.64. The molecule has 22 heavy (non-hydrogen) atoms. The van der Waals surface area contributed by atoms with Gasteiger partial charge >= 0.3 is 0 Å². The Labute approximate surface area is 132 Å². The number of benzene rings is 1. The molecular formula is C16H17FN4S. The fourth-order valence-electron chi connectivity index (χ4n) is 2.26. The summed E-state index contributed by atoms with van der Waals surface area (Å²) in [4.78, 5) is 13.1. The van der Waals surface area contributed by atoms with E-state index in [1.807, 2.05) is 13.1 Å². The third-order valence-corrected chi connectivity index (χ3v) is 4.84. The van der Waals surface area contributed by atoms with Gasteiger partial charge in [-0.05, 0) is 38.1 Å². The van der Waals surface area contributed by atoms with Crippen molar-refractivity contribution in [2.24, 2.45) is 0 Å². The molecule has 3 aromatic rings. The minimum atomic E-state index is -0.231. The van der Waals surface area contributed by atoms with Gasteiger partial charge in [0, 0.05) is 28.9 Å². The van der Waals surface area contributed by atoms with E-state index in [0.717, 1.165) is 22.1 Å². The van der Waals surface area contributed by atoms with E-state index in [9.17, 15) is 4.39 Å². The molecule has 2 N–H and O–H groups in total. The standard InChI is InChI=1S/C16H17FN4S/c1-10(20-9-14-18-7-8-19-14)15-11(2)21-16(22-15)12-3-5-13(17)6-4-12/h3-8,10,20H,9H2,1-2H3,(H,18,19). The van der Waals surface area contributed by atoms with E-state index in [0.29, 0.717) is 6.54 Å². The van der Waals surface area contributed by atoms with Crippen molar-refractivity contribution in [3.63, 3.8) is 0 Å². The highest BCUT2D eigenvalue weighted by molar-refractivity contribution is 7.15. The van der Waals surface area contributed by atoms with Crippen LogP contribution in [0, 0.1) is 12.7 Å². The molecule has 0 radical (unpaired) electrons. The Hall–Kier alpha value is -2.05. The zero-order valence-electron chi connectivity index (χ0n) is 12.4. The SMILES string of the molecule is Cc1nc(-c2ccc(F)cc2)sc1C(C)NCc1ncc[nH]1. The van der Waals surface area contributed by atoms with Crippen LogP contribution in [0.3, 0.4) is 0 Å². The third-order valence-electron chi connectivity index (χ3n) is 3.45. The maximum atomic E-state index is 13.0. The number of aromatic amines is 1.